The molecule has 0 radical (unpaired) electrons. The van der Waals surface area contributed by atoms with Crippen molar-refractivity contribution in [1.29, 1.82) is 0 Å². The Labute approximate surface area is 165 Å². The number of esters is 1. The van der Waals surface area contributed by atoms with Crippen LogP contribution in [-0.2, 0) is 16.1 Å². The van der Waals surface area contributed by atoms with Crippen molar-refractivity contribution in [2.24, 2.45) is 5.73 Å². The first-order chi connectivity index (χ1) is 13.7. The largest absolute Gasteiger partial charge is 0.489 e. The van der Waals surface area contributed by atoms with E-state index >= 15 is 0 Å². The zero-order valence-electron chi connectivity index (χ0n) is 16.0. The fraction of sp³-hybridized carbons (Fsp3) is 0.208. The van der Waals surface area contributed by atoms with Gasteiger partial charge >= 0.3 is 5.97 Å². The average Bonchev–Trinajstić information content (AvgIpc) is 2.73. The topological polar surface area (TPSA) is 61.5 Å². The van der Waals surface area contributed by atoms with E-state index in [2.05, 4.69) is 0 Å². The second-order valence-corrected chi connectivity index (χ2v) is 6.54. The summed E-state index contributed by atoms with van der Waals surface area (Å²) in [6.07, 6.45) is 0.170. The monoisotopic (exact) mass is 375 g/mol. The zero-order valence-corrected chi connectivity index (χ0v) is 16.0. The summed E-state index contributed by atoms with van der Waals surface area (Å²) in [6, 6.07) is 25.6. The van der Waals surface area contributed by atoms with Gasteiger partial charge in [0, 0.05) is 6.04 Å². The second kappa shape index (κ2) is 9.72. The Morgan fingerprint density at radius 3 is 2.39 bits per heavy atom. The Morgan fingerprint density at radius 1 is 0.929 bits per heavy atom. The molecule has 3 aromatic rings. The number of hydrogen-bond acceptors (Lipinski definition) is 4. The summed E-state index contributed by atoms with van der Waals surface area (Å²) in [6.45, 7) is 2.69. The van der Waals surface area contributed by atoms with Gasteiger partial charge in [-0.15, -0.1) is 0 Å². The van der Waals surface area contributed by atoms with Crippen molar-refractivity contribution in [2.75, 3.05) is 6.61 Å². The third-order valence-corrected chi connectivity index (χ3v) is 4.44. The molecule has 4 heteroatoms. The number of carbonyl (C=O) groups is 1. The number of hydrogen-bond donors (Lipinski definition) is 1. The molecule has 0 bridgehead atoms. The maximum atomic E-state index is 11.7. The highest BCUT2D eigenvalue weighted by atomic mass is 16.5. The van der Waals surface area contributed by atoms with Crippen LogP contribution >= 0.6 is 0 Å². The Morgan fingerprint density at radius 2 is 1.68 bits per heavy atom. The molecule has 3 aromatic carbocycles. The van der Waals surface area contributed by atoms with Crippen molar-refractivity contribution in [2.45, 2.75) is 26.0 Å². The van der Waals surface area contributed by atoms with E-state index in [4.69, 9.17) is 15.2 Å². The summed E-state index contributed by atoms with van der Waals surface area (Å²) in [5, 5.41) is 0. The van der Waals surface area contributed by atoms with E-state index in [1.54, 1.807) is 6.92 Å². The first-order valence-corrected chi connectivity index (χ1v) is 9.44. The van der Waals surface area contributed by atoms with Gasteiger partial charge in [-0.1, -0.05) is 60.7 Å². The van der Waals surface area contributed by atoms with Crippen molar-refractivity contribution in [3.8, 4) is 16.9 Å². The molecule has 0 aliphatic carbocycles. The first kappa shape index (κ1) is 19.6. The molecule has 0 saturated carbocycles. The van der Waals surface area contributed by atoms with Crippen molar-refractivity contribution >= 4 is 5.97 Å². The summed E-state index contributed by atoms with van der Waals surface area (Å²) >= 11 is 0. The van der Waals surface area contributed by atoms with Crippen LogP contribution in [0.25, 0.3) is 11.1 Å². The van der Waals surface area contributed by atoms with Crippen LogP contribution < -0.4 is 10.5 Å². The van der Waals surface area contributed by atoms with Gasteiger partial charge in [-0.3, -0.25) is 4.79 Å². The third-order valence-electron chi connectivity index (χ3n) is 4.44. The minimum atomic E-state index is -0.382. The minimum absolute atomic E-state index is 0.170. The molecular weight excluding hydrogens is 350 g/mol. The van der Waals surface area contributed by atoms with E-state index in [0.717, 1.165) is 28.0 Å². The molecule has 28 heavy (non-hydrogen) atoms. The molecule has 3 rings (SSSR count). The van der Waals surface area contributed by atoms with Crippen LogP contribution in [0.2, 0.25) is 0 Å². The van der Waals surface area contributed by atoms with E-state index in [9.17, 15) is 4.79 Å². The fourth-order valence-corrected chi connectivity index (χ4v) is 2.95. The molecule has 0 heterocycles. The third kappa shape index (κ3) is 5.44. The second-order valence-electron chi connectivity index (χ2n) is 6.54. The lowest BCUT2D eigenvalue weighted by Crippen LogP contribution is -2.17. The van der Waals surface area contributed by atoms with Crippen molar-refractivity contribution in [3.05, 3.63) is 90.0 Å². The Balaban J connectivity index is 1.65. The smallest absolute Gasteiger partial charge is 0.307 e. The number of nitrogens with two attached hydrogens (primary N) is 1. The maximum absolute atomic E-state index is 11.7. The van der Waals surface area contributed by atoms with Crippen LogP contribution in [0.5, 0.6) is 5.75 Å². The van der Waals surface area contributed by atoms with Gasteiger partial charge in [0.25, 0.3) is 0 Å². The van der Waals surface area contributed by atoms with Crippen LogP contribution in [0, 0.1) is 0 Å². The van der Waals surface area contributed by atoms with Gasteiger partial charge in [-0.05, 0) is 47.4 Å². The number of rotatable bonds is 8. The summed E-state index contributed by atoms with van der Waals surface area (Å²) in [7, 11) is 0. The van der Waals surface area contributed by atoms with Gasteiger partial charge < -0.3 is 15.2 Å². The van der Waals surface area contributed by atoms with Gasteiger partial charge in [-0.2, -0.15) is 0 Å². The lowest BCUT2D eigenvalue weighted by molar-refractivity contribution is -0.143. The fourth-order valence-electron chi connectivity index (χ4n) is 2.95. The predicted octanol–water partition coefficient (Wildman–Crippen LogP) is 4.89. The lowest BCUT2D eigenvalue weighted by Gasteiger charge is -2.13. The van der Waals surface area contributed by atoms with Crippen LogP contribution in [-0.4, -0.2) is 12.6 Å². The highest BCUT2D eigenvalue weighted by molar-refractivity contribution is 5.71. The maximum Gasteiger partial charge on any atom is 0.307 e. The van der Waals surface area contributed by atoms with Gasteiger partial charge in [0.15, 0.2) is 0 Å². The molecule has 0 spiro atoms. The molecule has 0 fully saturated rings. The van der Waals surface area contributed by atoms with Gasteiger partial charge in [0.2, 0.25) is 0 Å². The minimum Gasteiger partial charge on any atom is -0.489 e. The Hall–Kier alpha value is -3.11. The van der Waals surface area contributed by atoms with Crippen LogP contribution in [0.4, 0.5) is 0 Å². The SMILES string of the molecule is CCOC(=O)C[C@H](N)c1cccc(-c2ccc(OCc3ccccc3)cc2)c1. The van der Waals surface area contributed by atoms with E-state index in [-0.39, 0.29) is 18.4 Å². The first-order valence-electron chi connectivity index (χ1n) is 9.44. The number of ether oxygens (including phenoxy) is 2. The summed E-state index contributed by atoms with van der Waals surface area (Å²) in [5.41, 5.74) is 10.3. The summed E-state index contributed by atoms with van der Waals surface area (Å²) < 4.78 is 10.8. The molecule has 0 aliphatic heterocycles. The van der Waals surface area contributed by atoms with E-state index < -0.39 is 0 Å². The van der Waals surface area contributed by atoms with Gasteiger partial charge in [0.05, 0.1) is 13.0 Å². The number of carbonyl (C=O) groups excluding carboxylic acids is 1. The average molecular weight is 375 g/mol. The molecular formula is C24H25NO3. The molecule has 0 aromatic heterocycles. The molecule has 144 valence electrons. The highest BCUT2D eigenvalue weighted by Crippen LogP contribution is 2.26. The summed E-state index contributed by atoms with van der Waals surface area (Å²) in [5.74, 6) is 0.545. The molecule has 0 amide bonds. The standard InChI is InChI=1S/C24H25NO3/c1-2-27-24(26)16-23(25)21-10-6-9-20(15-21)19-11-13-22(14-12-19)28-17-18-7-4-3-5-8-18/h3-15,23H,2,16-17,25H2,1H3/t23-/m0/s1. The number of benzene rings is 3. The van der Waals surface area contributed by atoms with Crippen LogP contribution in [0.3, 0.4) is 0 Å². The van der Waals surface area contributed by atoms with Crippen molar-refractivity contribution < 1.29 is 14.3 Å². The van der Waals surface area contributed by atoms with E-state index in [0.29, 0.717) is 13.2 Å². The predicted molar refractivity (Wildman–Crippen MR) is 111 cm³/mol. The van der Waals surface area contributed by atoms with E-state index in [1.807, 2.05) is 78.9 Å². The van der Waals surface area contributed by atoms with Crippen molar-refractivity contribution in [3.63, 3.8) is 0 Å². The van der Waals surface area contributed by atoms with E-state index in [1.165, 1.54) is 0 Å². The molecule has 0 aliphatic rings. The zero-order chi connectivity index (χ0) is 19.8. The Bertz CT molecular complexity index is 891. The van der Waals surface area contributed by atoms with Crippen molar-refractivity contribution in [1.82, 2.24) is 0 Å². The Kier molecular flexibility index (Phi) is 6.82. The van der Waals surface area contributed by atoms with Gasteiger partial charge in [-0.25, -0.2) is 0 Å². The molecule has 4 nitrogen and oxygen atoms in total. The quantitative estimate of drug-likeness (QED) is 0.570. The molecule has 1 atom stereocenters. The molecule has 0 saturated heterocycles. The normalized spacial score (nSPS) is 11.6. The van der Waals surface area contributed by atoms with Gasteiger partial charge in [0.1, 0.15) is 12.4 Å². The molecule has 2 N–H and O–H groups in total. The van der Waals surface area contributed by atoms with Crippen LogP contribution in [0.15, 0.2) is 78.9 Å². The highest BCUT2D eigenvalue weighted by Gasteiger charge is 2.13. The summed E-state index contributed by atoms with van der Waals surface area (Å²) in [4.78, 5) is 11.7. The lowest BCUT2D eigenvalue weighted by atomic mass is 9.98. The molecule has 0 unspecified atom stereocenters. The van der Waals surface area contributed by atoms with Crippen LogP contribution in [0.1, 0.15) is 30.5 Å².